The number of hydrogen-bond acceptors (Lipinski definition) is 4. The molecular weight excluding hydrogens is 385 g/mol. The fourth-order valence-electron chi connectivity index (χ4n) is 3.48. The van der Waals surface area contributed by atoms with Gasteiger partial charge >= 0.3 is 0 Å². The number of rotatable bonds is 4. The van der Waals surface area contributed by atoms with Gasteiger partial charge in [-0.3, -0.25) is 13.8 Å². The largest absolute Gasteiger partial charge is 0.481 e. The van der Waals surface area contributed by atoms with E-state index in [0.717, 1.165) is 6.07 Å². The summed E-state index contributed by atoms with van der Waals surface area (Å²) in [6, 6.07) is 4.66. The van der Waals surface area contributed by atoms with E-state index in [1.165, 1.54) is 17.7 Å². The van der Waals surface area contributed by atoms with Gasteiger partial charge in [-0.15, -0.1) is 0 Å². The van der Waals surface area contributed by atoms with Gasteiger partial charge in [0.2, 0.25) is 5.88 Å². The molecule has 0 amide bonds. The summed E-state index contributed by atoms with van der Waals surface area (Å²) in [5.74, 6) is -2.53. The van der Waals surface area contributed by atoms with Crippen LogP contribution in [0.15, 0.2) is 29.1 Å². The molecule has 3 heterocycles. The Morgan fingerprint density at radius 1 is 1.07 bits per heavy atom. The Bertz CT molecular complexity index is 1330. The molecule has 0 fully saturated rings. The number of aryl methyl sites for hydroxylation is 2. The quantitative estimate of drug-likeness (QED) is 0.491. The first-order valence-electron chi connectivity index (χ1n) is 8.95. The van der Waals surface area contributed by atoms with Gasteiger partial charge in [0.1, 0.15) is 17.2 Å². The zero-order chi connectivity index (χ0) is 20.9. The van der Waals surface area contributed by atoms with Crippen molar-refractivity contribution in [2.24, 2.45) is 0 Å². The van der Waals surface area contributed by atoms with Gasteiger partial charge in [0.05, 0.1) is 24.9 Å². The third kappa shape index (κ3) is 2.84. The standard InChI is InChI=1S/C20H17F3N4O2/c1-4-15-24-10(2)18-20(28)26(9-11-12(21)5-6-13(22)17(11)23)14-7-8-16(29-3)25-19(14)27(15)18/h5-8H,4,9H2,1-3H3. The minimum Gasteiger partial charge on any atom is -0.481 e. The monoisotopic (exact) mass is 402 g/mol. The third-order valence-corrected chi connectivity index (χ3v) is 4.88. The lowest BCUT2D eigenvalue weighted by atomic mass is 10.1. The first kappa shape index (κ1) is 19.0. The van der Waals surface area contributed by atoms with Crippen LogP contribution in [0.1, 0.15) is 24.0 Å². The molecule has 0 aliphatic rings. The van der Waals surface area contributed by atoms with Gasteiger partial charge in [-0.2, -0.15) is 4.98 Å². The summed E-state index contributed by atoms with van der Waals surface area (Å²) < 4.78 is 50.2. The van der Waals surface area contributed by atoms with E-state index in [-0.39, 0.29) is 5.52 Å². The average Bonchev–Trinajstić information content (AvgIpc) is 3.06. The molecule has 3 aromatic heterocycles. The molecule has 0 spiro atoms. The van der Waals surface area contributed by atoms with Crippen LogP contribution in [0.2, 0.25) is 0 Å². The number of ether oxygens (including phenoxy) is 1. The van der Waals surface area contributed by atoms with Crippen molar-refractivity contribution in [3.8, 4) is 5.88 Å². The van der Waals surface area contributed by atoms with E-state index >= 15 is 0 Å². The van der Waals surface area contributed by atoms with Crippen LogP contribution in [0.3, 0.4) is 0 Å². The predicted octanol–water partition coefficient (Wildman–Crippen LogP) is 3.39. The van der Waals surface area contributed by atoms with Gasteiger partial charge in [-0.25, -0.2) is 18.2 Å². The zero-order valence-corrected chi connectivity index (χ0v) is 16.0. The molecule has 150 valence electrons. The molecule has 6 nitrogen and oxygen atoms in total. The highest BCUT2D eigenvalue weighted by molar-refractivity contribution is 5.77. The molecule has 0 saturated carbocycles. The van der Waals surface area contributed by atoms with Crippen LogP contribution in [0, 0.1) is 24.4 Å². The van der Waals surface area contributed by atoms with Gasteiger partial charge in [0.25, 0.3) is 5.56 Å². The first-order chi connectivity index (χ1) is 13.9. The molecule has 0 saturated heterocycles. The van der Waals surface area contributed by atoms with Gasteiger partial charge in [-0.1, -0.05) is 6.92 Å². The number of hydrogen-bond donors (Lipinski definition) is 0. The minimum absolute atomic E-state index is 0.243. The second kappa shape index (κ2) is 6.91. The Labute approximate surface area is 163 Å². The predicted molar refractivity (Wildman–Crippen MR) is 101 cm³/mol. The average molecular weight is 402 g/mol. The van der Waals surface area contributed by atoms with Crippen molar-refractivity contribution in [3.05, 3.63) is 69.2 Å². The minimum atomic E-state index is -1.33. The summed E-state index contributed by atoms with van der Waals surface area (Å²) in [6.07, 6.45) is 0.541. The van der Waals surface area contributed by atoms with E-state index in [9.17, 15) is 18.0 Å². The summed E-state index contributed by atoms with van der Waals surface area (Å²) in [7, 11) is 1.46. The lowest BCUT2D eigenvalue weighted by Crippen LogP contribution is -2.25. The fraction of sp³-hybridized carbons (Fsp3) is 0.250. The van der Waals surface area contributed by atoms with Crippen molar-refractivity contribution in [1.29, 1.82) is 0 Å². The number of aromatic nitrogens is 4. The summed E-state index contributed by atoms with van der Waals surface area (Å²) in [5.41, 5.74) is 0.338. The van der Waals surface area contributed by atoms with Crippen molar-refractivity contribution in [2.45, 2.75) is 26.8 Å². The van der Waals surface area contributed by atoms with Crippen LogP contribution in [0.5, 0.6) is 5.88 Å². The molecular formula is C20H17F3N4O2. The SMILES string of the molecule is CCc1nc(C)c2c(=O)n(Cc3c(F)ccc(F)c3F)c3ccc(OC)nc3n12. The molecule has 1 aromatic carbocycles. The molecule has 4 aromatic rings. The summed E-state index contributed by atoms with van der Waals surface area (Å²) >= 11 is 0. The maximum atomic E-state index is 14.3. The Hall–Kier alpha value is -3.36. The molecule has 0 atom stereocenters. The van der Waals surface area contributed by atoms with Crippen LogP contribution in [-0.2, 0) is 13.0 Å². The third-order valence-electron chi connectivity index (χ3n) is 4.88. The van der Waals surface area contributed by atoms with Crippen molar-refractivity contribution in [2.75, 3.05) is 7.11 Å². The molecule has 4 rings (SSSR count). The van der Waals surface area contributed by atoms with E-state index < -0.39 is 35.1 Å². The molecule has 0 aliphatic heterocycles. The van der Waals surface area contributed by atoms with Crippen LogP contribution in [-0.4, -0.2) is 26.0 Å². The molecule has 0 N–H and O–H groups in total. The summed E-state index contributed by atoms with van der Waals surface area (Å²) in [4.78, 5) is 22.1. The number of pyridine rings is 1. The van der Waals surface area contributed by atoms with Gasteiger partial charge in [0, 0.05) is 18.1 Å². The number of methoxy groups -OCH3 is 1. The van der Waals surface area contributed by atoms with E-state index in [1.807, 2.05) is 6.92 Å². The van der Waals surface area contributed by atoms with Crippen LogP contribution < -0.4 is 10.3 Å². The molecule has 0 radical (unpaired) electrons. The maximum Gasteiger partial charge on any atom is 0.277 e. The second-order valence-corrected chi connectivity index (χ2v) is 6.56. The Balaban J connectivity index is 2.12. The maximum absolute atomic E-state index is 14.3. The Morgan fingerprint density at radius 2 is 1.79 bits per heavy atom. The van der Waals surface area contributed by atoms with E-state index in [2.05, 4.69) is 9.97 Å². The van der Waals surface area contributed by atoms with Gasteiger partial charge in [-0.05, 0) is 25.1 Å². The second-order valence-electron chi connectivity index (χ2n) is 6.56. The highest BCUT2D eigenvalue weighted by atomic mass is 19.2. The molecule has 9 heteroatoms. The van der Waals surface area contributed by atoms with Gasteiger partial charge in [0.15, 0.2) is 17.3 Å². The number of halogens is 3. The molecule has 0 unspecified atom stereocenters. The normalized spacial score (nSPS) is 11.5. The van der Waals surface area contributed by atoms with Gasteiger partial charge < -0.3 is 4.74 Å². The topological polar surface area (TPSA) is 61.4 Å². The lowest BCUT2D eigenvalue weighted by Gasteiger charge is -2.14. The number of benzene rings is 1. The van der Waals surface area contributed by atoms with Crippen molar-refractivity contribution < 1.29 is 17.9 Å². The van der Waals surface area contributed by atoms with Crippen molar-refractivity contribution >= 4 is 16.7 Å². The number of imidazole rings is 1. The highest BCUT2D eigenvalue weighted by Gasteiger charge is 2.21. The van der Waals surface area contributed by atoms with Crippen LogP contribution in [0.4, 0.5) is 13.2 Å². The smallest absolute Gasteiger partial charge is 0.277 e. The molecule has 29 heavy (non-hydrogen) atoms. The Morgan fingerprint density at radius 3 is 2.48 bits per heavy atom. The zero-order valence-electron chi connectivity index (χ0n) is 16.0. The molecule has 0 aliphatic carbocycles. The van der Waals surface area contributed by atoms with E-state index in [1.54, 1.807) is 17.4 Å². The van der Waals surface area contributed by atoms with Crippen molar-refractivity contribution in [1.82, 2.24) is 18.9 Å². The fourth-order valence-corrected chi connectivity index (χ4v) is 3.48. The molecule has 0 bridgehead atoms. The summed E-state index contributed by atoms with van der Waals surface area (Å²) in [5, 5.41) is 0. The Kier molecular flexibility index (Phi) is 4.52. The lowest BCUT2D eigenvalue weighted by molar-refractivity contribution is 0.399. The van der Waals surface area contributed by atoms with Crippen LogP contribution in [0.25, 0.3) is 16.7 Å². The van der Waals surface area contributed by atoms with E-state index in [4.69, 9.17) is 4.74 Å². The highest BCUT2D eigenvalue weighted by Crippen LogP contribution is 2.23. The number of fused-ring (bicyclic) bond motifs is 3. The van der Waals surface area contributed by atoms with Crippen LogP contribution >= 0.6 is 0 Å². The van der Waals surface area contributed by atoms with Crippen molar-refractivity contribution in [3.63, 3.8) is 0 Å². The summed E-state index contributed by atoms with van der Waals surface area (Å²) in [6.45, 7) is 3.07. The van der Waals surface area contributed by atoms with E-state index in [0.29, 0.717) is 41.0 Å². The number of nitrogens with zero attached hydrogens (tertiary/aromatic N) is 4. The first-order valence-corrected chi connectivity index (χ1v) is 8.95.